The van der Waals surface area contributed by atoms with E-state index in [0.29, 0.717) is 63.4 Å². The van der Waals surface area contributed by atoms with E-state index in [9.17, 15) is 14.4 Å². The molecule has 0 fully saturated rings. The van der Waals surface area contributed by atoms with E-state index in [1.807, 2.05) is 56.3 Å². The second-order valence-corrected chi connectivity index (χ2v) is 12.8. The standard InChI is InChI=1S/C37H37BrN2O9S/c1-6-45-29-17-24(11-15-27(29)48-20-23-9-13-26(38)14-10-23)18-31-35(42)40-34(33(36(43)47-8-3)22(4)39-37(40)50-31)25-12-16-28(30(19-25)46-7-2)49-21-32(41)44-5/h9-19,34H,6-8,20-21H2,1-5H3/b31-18-/t34-/m0/s1. The number of hydrogen-bond acceptors (Lipinski definition) is 11. The minimum atomic E-state index is -0.880. The predicted octanol–water partition coefficient (Wildman–Crippen LogP) is 5.49. The van der Waals surface area contributed by atoms with Crippen molar-refractivity contribution in [3.05, 3.63) is 113 Å². The highest BCUT2D eigenvalue weighted by Gasteiger charge is 2.34. The van der Waals surface area contributed by atoms with Crippen molar-refractivity contribution in [3.8, 4) is 23.0 Å². The lowest BCUT2D eigenvalue weighted by Gasteiger charge is -2.25. The van der Waals surface area contributed by atoms with Crippen molar-refractivity contribution in [1.29, 1.82) is 0 Å². The molecule has 0 unspecified atom stereocenters. The molecule has 0 spiro atoms. The molecule has 0 N–H and O–H groups in total. The summed E-state index contributed by atoms with van der Waals surface area (Å²) in [5.74, 6) is 0.621. The number of thiazole rings is 1. The highest BCUT2D eigenvalue weighted by Crippen LogP contribution is 2.36. The van der Waals surface area contributed by atoms with Gasteiger partial charge in [0.25, 0.3) is 5.56 Å². The number of aromatic nitrogens is 1. The molecular formula is C37H37BrN2O9S. The Labute approximate surface area is 301 Å². The van der Waals surface area contributed by atoms with Crippen LogP contribution in [0.5, 0.6) is 23.0 Å². The SMILES string of the molecule is CCOC(=O)C1=C(C)N=c2s/c(=C\c3ccc(OCc4ccc(Br)cc4)c(OCC)c3)c(=O)n2[C@H]1c1ccc(OCC(=O)OC)c(OCC)c1. The average molecular weight is 766 g/mol. The first-order chi connectivity index (χ1) is 24.2. The van der Waals surface area contributed by atoms with Crippen LogP contribution in [0, 0.1) is 0 Å². The first-order valence-corrected chi connectivity index (χ1v) is 17.6. The van der Waals surface area contributed by atoms with E-state index < -0.39 is 18.0 Å². The van der Waals surface area contributed by atoms with E-state index in [-0.39, 0.29) is 24.3 Å². The quantitative estimate of drug-likeness (QED) is 0.154. The molecular weight excluding hydrogens is 728 g/mol. The monoisotopic (exact) mass is 764 g/mol. The third-order valence-corrected chi connectivity index (χ3v) is 9.06. The van der Waals surface area contributed by atoms with Crippen LogP contribution >= 0.6 is 27.3 Å². The van der Waals surface area contributed by atoms with Crippen molar-refractivity contribution in [2.75, 3.05) is 33.5 Å². The number of carbonyl (C=O) groups excluding carboxylic acids is 2. The summed E-state index contributed by atoms with van der Waals surface area (Å²) in [6.45, 7) is 8.04. The Morgan fingerprint density at radius 2 is 1.56 bits per heavy atom. The molecule has 0 aliphatic carbocycles. The summed E-state index contributed by atoms with van der Waals surface area (Å²) in [5.41, 5.74) is 2.60. The van der Waals surface area contributed by atoms with Gasteiger partial charge < -0.3 is 28.4 Å². The number of carbonyl (C=O) groups is 2. The lowest BCUT2D eigenvalue weighted by Crippen LogP contribution is -2.40. The third-order valence-electron chi connectivity index (χ3n) is 7.55. The van der Waals surface area contributed by atoms with Crippen LogP contribution in [-0.2, 0) is 25.7 Å². The summed E-state index contributed by atoms with van der Waals surface area (Å²) in [5, 5.41) is 0. The number of rotatable bonds is 14. The number of halogens is 1. The molecule has 1 aliphatic rings. The zero-order valence-electron chi connectivity index (χ0n) is 28.3. The topological polar surface area (TPSA) is 124 Å². The number of ether oxygens (including phenoxy) is 6. The highest BCUT2D eigenvalue weighted by molar-refractivity contribution is 9.10. The van der Waals surface area contributed by atoms with Crippen molar-refractivity contribution in [2.24, 2.45) is 4.99 Å². The van der Waals surface area contributed by atoms with Gasteiger partial charge in [0.1, 0.15) is 6.61 Å². The van der Waals surface area contributed by atoms with Gasteiger partial charge in [0.2, 0.25) is 0 Å². The molecule has 2 heterocycles. The summed E-state index contributed by atoms with van der Waals surface area (Å²) < 4.78 is 36.5. The lowest BCUT2D eigenvalue weighted by atomic mass is 9.95. The molecule has 0 saturated heterocycles. The van der Waals surface area contributed by atoms with Gasteiger partial charge in [-0.2, -0.15) is 0 Å². The number of hydrogen-bond donors (Lipinski definition) is 0. The maximum absolute atomic E-state index is 14.2. The van der Waals surface area contributed by atoms with E-state index in [2.05, 4.69) is 20.9 Å². The Hall–Kier alpha value is -4.88. The molecule has 11 nitrogen and oxygen atoms in total. The van der Waals surface area contributed by atoms with Crippen LogP contribution in [0.15, 0.2) is 86.2 Å². The van der Waals surface area contributed by atoms with Crippen LogP contribution in [0.2, 0.25) is 0 Å². The van der Waals surface area contributed by atoms with Crippen LogP contribution < -0.4 is 33.8 Å². The molecule has 0 radical (unpaired) electrons. The predicted molar refractivity (Wildman–Crippen MR) is 192 cm³/mol. The first kappa shape index (κ1) is 36.4. The zero-order chi connectivity index (χ0) is 35.8. The Kier molecular flexibility index (Phi) is 12.1. The number of methoxy groups -OCH3 is 1. The number of nitrogens with zero attached hydrogens (tertiary/aromatic N) is 2. The molecule has 50 heavy (non-hydrogen) atoms. The molecule has 1 aromatic heterocycles. The van der Waals surface area contributed by atoms with E-state index in [4.69, 9.17) is 28.4 Å². The summed E-state index contributed by atoms with van der Waals surface area (Å²) in [6, 6.07) is 17.5. The van der Waals surface area contributed by atoms with E-state index in [0.717, 1.165) is 15.6 Å². The Morgan fingerprint density at radius 1 is 0.880 bits per heavy atom. The van der Waals surface area contributed by atoms with Gasteiger partial charge in [0.05, 0.1) is 48.8 Å². The molecule has 5 rings (SSSR count). The molecule has 1 aliphatic heterocycles. The van der Waals surface area contributed by atoms with Gasteiger partial charge >= 0.3 is 11.9 Å². The first-order valence-electron chi connectivity index (χ1n) is 16.0. The average Bonchev–Trinajstić information content (AvgIpc) is 3.41. The van der Waals surface area contributed by atoms with Crippen molar-refractivity contribution >= 4 is 45.3 Å². The van der Waals surface area contributed by atoms with E-state index in [1.54, 1.807) is 38.1 Å². The van der Waals surface area contributed by atoms with Crippen molar-refractivity contribution < 1.29 is 38.0 Å². The minimum Gasteiger partial charge on any atom is -0.490 e. The molecule has 0 amide bonds. The second kappa shape index (κ2) is 16.7. The fraction of sp³-hybridized carbons (Fsp3) is 0.297. The summed E-state index contributed by atoms with van der Waals surface area (Å²) in [4.78, 5) is 44.4. The number of allylic oxidation sites excluding steroid dienone is 1. The van der Waals surface area contributed by atoms with Gasteiger partial charge in [-0.05, 0) is 86.9 Å². The normalized spacial score (nSPS) is 14.0. The second-order valence-electron chi connectivity index (χ2n) is 10.9. The third kappa shape index (κ3) is 8.28. The number of fused-ring (bicyclic) bond motifs is 1. The summed E-state index contributed by atoms with van der Waals surface area (Å²) in [7, 11) is 1.27. The van der Waals surface area contributed by atoms with E-state index in [1.165, 1.54) is 23.0 Å². The fourth-order valence-corrected chi connectivity index (χ4v) is 6.59. The molecule has 1 atom stereocenters. The number of esters is 2. The smallest absolute Gasteiger partial charge is 0.343 e. The van der Waals surface area contributed by atoms with Gasteiger partial charge in [0.15, 0.2) is 34.4 Å². The highest BCUT2D eigenvalue weighted by atomic mass is 79.9. The van der Waals surface area contributed by atoms with Crippen LogP contribution in [0.25, 0.3) is 6.08 Å². The zero-order valence-corrected chi connectivity index (χ0v) is 30.7. The van der Waals surface area contributed by atoms with Crippen molar-refractivity contribution in [2.45, 2.75) is 40.3 Å². The molecule has 13 heteroatoms. The van der Waals surface area contributed by atoms with Gasteiger partial charge in [0, 0.05) is 4.47 Å². The molecule has 262 valence electrons. The Morgan fingerprint density at radius 3 is 2.24 bits per heavy atom. The molecule has 3 aromatic carbocycles. The fourth-order valence-electron chi connectivity index (χ4n) is 5.28. The molecule has 0 bridgehead atoms. The van der Waals surface area contributed by atoms with Crippen molar-refractivity contribution in [1.82, 2.24) is 4.57 Å². The lowest BCUT2D eigenvalue weighted by molar-refractivity contribution is -0.143. The van der Waals surface area contributed by atoms with E-state index >= 15 is 0 Å². The van der Waals surface area contributed by atoms with Crippen molar-refractivity contribution in [3.63, 3.8) is 0 Å². The number of benzene rings is 3. The Balaban J connectivity index is 1.56. The van der Waals surface area contributed by atoms with Gasteiger partial charge in [-0.25, -0.2) is 14.6 Å². The van der Waals surface area contributed by atoms with Gasteiger partial charge in [-0.1, -0.05) is 51.5 Å². The largest absolute Gasteiger partial charge is 0.490 e. The van der Waals surface area contributed by atoms with Crippen LogP contribution in [0.4, 0.5) is 0 Å². The van der Waals surface area contributed by atoms with Gasteiger partial charge in [-0.3, -0.25) is 9.36 Å². The minimum absolute atomic E-state index is 0.141. The maximum Gasteiger partial charge on any atom is 0.343 e. The molecule has 4 aromatic rings. The van der Waals surface area contributed by atoms with Crippen LogP contribution in [0.3, 0.4) is 0 Å². The Bertz CT molecular complexity index is 2090. The van der Waals surface area contributed by atoms with Crippen LogP contribution in [-0.4, -0.2) is 50.0 Å². The maximum atomic E-state index is 14.2. The van der Waals surface area contributed by atoms with Crippen LogP contribution in [0.1, 0.15) is 50.4 Å². The van der Waals surface area contributed by atoms with Gasteiger partial charge in [-0.15, -0.1) is 0 Å². The summed E-state index contributed by atoms with van der Waals surface area (Å²) >= 11 is 4.66. The molecule has 0 saturated carbocycles. The summed E-state index contributed by atoms with van der Waals surface area (Å²) in [6.07, 6.45) is 1.76.